The van der Waals surface area contributed by atoms with Crippen molar-refractivity contribution in [2.75, 3.05) is 24.9 Å². The third-order valence-corrected chi connectivity index (χ3v) is 5.74. The number of anilines is 2. The smallest absolute Gasteiger partial charge is 0.332 e. The topological polar surface area (TPSA) is 134 Å². The molecule has 2 aromatic carbocycles. The number of pyridine rings is 1. The van der Waals surface area contributed by atoms with Crippen molar-refractivity contribution in [1.82, 2.24) is 14.1 Å². The van der Waals surface area contributed by atoms with Gasteiger partial charge in [-0.2, -0.15) is 0 Å². The number of carbonyl (C=O) groups excluding carboxylic acids is 2. The lowest BCUT2D eigenvalue weighted by Gasteiger charge is -2.16. The zero-order valence-electron chi connectivity index (χ0n) is 19.9. The Morgan fingerprint density at radius 1 is 0.892 bits per heavy atom. The third kappa shape index (κ3) is 5.46. The number of fused-ring (bicyclic) bond motifs is 1. The monoisotopic (exact) mass is 523 g/mol. The number of carbonyl (C=O) groups is 2. The lowest BCUT2D eigenvalue weighted by atomic mass is 10.2. The van der Waals surface area contributed by atoms with Crippen LogP contribution < -0.4 is 31.4 Å². The Kier molecular flexibility index (Phi) is 7.54. The SMILES string of the molecule is COc1cc(OC)c(NC(=O)Cn2c(=O)n(CC(=O)Nc3ccncc3)c(=O)c3ccccc32)cc1Cl. The van der Waals surface area contributed by atoms with Crippen LogP contribution in [0.3, 0.4) is 0 Å². The lowest BCUT2D eigenvalue weighted by molar-refractivity contribution is -0.117. The molecule has 2 amide bonds. The Bertz CT molecular complexity index is 1600. The summed E-state index contributed by atoms with van der Waals surface area (Å²) < 4.78 is 12.4. The first-order chi connectivity index (χ1) is 17.8. The number of benzene rings is 2. The molecule has 0 unspecified atom stereocenters. The molecule has 4 aromatic rings. The molecule has 12 heteroatoms. The van der Waals surface area contributed by atoms with Crippen molar-refractivity contribution in [2.24, 2.45) is 0 Å². The fraction of sp³-hybridized carbons (Fsp3) is 0.160. The Morgan fingerprint density at radius 2 is 1.54 bits per heavy atom. The number of nitrogens with one attached hydrogen (secondary N) is 2. The summed E-state index contributed by atoms with van der Waals surface area (Å²) in [6, 6.07) is 12.5. The zero-order valence-corrected chi connectivity index (χ0v) is 20.6. The van der Waals surface area contributed by atoms with Crippen LogP contribution in [0.1, 0.15) is 0 Å². The summed E-state index contributed by atoms with van der Waals surface area (Å²) >= 11 is 6.18. The van der Waals surface area contributed by atoms with E-state index in [1.165, 1.54) is 44.8 Å². The summed E-state index contributed by atoms with van der Waals surface area (Å²) in [6.45, 7) is -0.993. The molecule has 4 rings (SSSR count). The average molecular weight is 524 g/mol. The molecule has 190 valence electrons. The van der Waals surface area contributed by atoms with Crippen LogP contribution in [0.5, 0.6) is 11.5 Å². The number of para-hydroxylation sites is 1. The Labute approximate surface area is 215 Å². The molecule has 11 nitrogen and oxygen atoms in total. The molecule has 0 saturated carbocycles. The van der Waals surface area contributed by atoms with Gasteiger partial charge in [-0.25, -0.2) is 4.79 Å². The van der Waals surface area contributed by atoms with Gasteiger partial charge in [0.05, 0.1) is 35.8 Å². The second kappa shape index (κ2) is 11.0. The predicted molar refractivity (Wildman–Crippen MR) is 139 cm³/mol. The minimum Gasteiger partial charge on any atom is -0.495 e. The molecule has 0 saturated heterocycles. The van der Waals surface area contributed by atoms with Crippen molar-refractivity contribution < 1.29 is 19.1 Å². The molecule has 0 radical (unpaired) electrons. The van der Waals surface area contributed by atoms with E-state index >= 15 is 0 Å². The molecule has 0 fully saturated rings. The number of halogens is 1. The van der Waals surface area contributed by atoms with Crippen molar-refractivity contribution in [3.05, 3.63) is 86.8 Å². The summed E-state index contributed by atoms with van der Waals surface area (Å²) in [5, 5.41) is 5.70. The van der Waals surface area contributed by atoms with Crippen molar-refractivity contribution in [2.45, 2.75) is 13.1 Å². The van der Waals surface area contributed by atoms with Crippen molar-refractivity contribution >= 4 is 45.7 Å². The highest BCUT2D eigenvalue weighted by Crippen LogP contribution is 2.35. The van der Waals surface area contributed by atoms with Gasteiger partial charge in [-0.1, -0.05) is 23.7 Å². The number of aromatic nitrogens is 3. The normalized spacial score (nSPS) is 10.7. The average Bonchev–Trinajstić information content (AvgIpc) is 2.90. The van der Waals surface area contributed by atoms with E-state index in [-0.39, 0.29) is 21.6 Å². The summed E-state index contributed by atoms with van der Waals surface area (Å²) in [5.74, 6) is -0.520. The molecule has 0 aliphatic rings. The maximum Gasteiger partial charge on any atom is 0.332 e. The van der Waals surface area contributed by atoms with E-state index in [9.17, 15) is 19.2 Å². The lowest BCUT2D eigenvalue weighted by Crippen LogP contribution is -2.44. The fourth-order valence-corrected chi connectivity index (χ4v) is 3.97. The first kappa shape index (κ1) is 25.5. The molecule has 2 N–H and O–H groups in total. The highest BCUT2D eigenvalue weighted by molar-refractivity contribution is 6.32. The van der Waals surface area contributed by atoms with E-state index in [2.05, 4.69) is 15.6 Å². The van der Waals surface area contributed by atoms with Gasteiger partial charge in [0.2, 0.25) is 11.8 Å². The van der Waals surface area contributed by atoms with E-state index in [1.807, 2.05) is 0 Å². The number of rotatable bonds is 8. The third-order valence-electron chi connectivity index (χ3n) is 5.45. The summed E-state index contributed by atoms with van der Waals surface area (Å²) in [7, 11) is 2.87. The van der Waals surface area contributed by atoms with Crippen LogP contribution in [0.2, 0.25) is 5.02 Å². The van der Waals surface area contributed by atoms with Gasteiger partial charge in [0.15, 0.2) is 0 Å². The van der Waals surface area contributed by atoms with Gasteiger partial charge < -0.3 is 20.1 Å². The zero-order chi connectivity index (χ0) is 26.5. The van der Waals surface area contributed by atoms with Gasteiger partial charge in [0, 0.05) is 24.1 Å². The van der Waals surface area contributed by atoms with E-state index in [4.69, 9.17) is 21.1 Å². The van der Waals surface area contributed by atoms with Crippen molar-refractivity contribution in [3.63, 3.8) is 0 Å². The van der Waals surface area contributed by atoms with Gasteiger partial charge in [0.1, 0.15) is 24.6 Å². The largest absolute Gasteiger partial charge is 0.495 e. The number of methoxy groups -OCH3 is 2. The van der Waals surface area contributed by atoms with Crippen LogP contribution >= 0.6 is 11.6 Å². The molecular weight excluding hydrogens is 502 g/mol. The maximum atomic E-state index is 13.3. The molecule has 0 atom stereocenters. The quantitative estimate of drug-likeness (QED) is 0.362. The highest BCUT2D eigenvalue weighted by Gasteiger charge is 2.19. The predicted octanol–water partition coefficient (Wildman–Crippen LogP) is 2.51. The molecule has 2 heterocycles. The number of hydrogen-bond acceptors (Lipinski definition) is 7. The van der Waals surface area contributed by atoms with Gasteiger partial charge >= 0.3 is 5.69 Å². The maximum absolute atomic E-state index is 13.3. The summed E-state index contributed by atoms with van der Waals surface area (Å²) in [4.78, 5) is 55.9. The Balaban J connectivity index is 1.67. The Morgan fingerprint density at radius 3 is 2.24 bits per heavy atom. The number of nitrogens with zero attached hydrogens (tertiary/aromatic N) is 3. The van der Waals surface area contributed by atoms with E-state index in [1.54, 1.807) is 30.3 Å². The van der Waals surface area contributed by atoms with E-state index in [0.29, 0.717) is 17.2 Å². The number of amides is 2. The van der Waals surface area contributed by atoms with Gasteiger partial charge in [-0.3, -0.25) is 28.5 Å². The van der Waals surface area contributed by atoms with E-state index < -0.39 is 36.2 Å². The first-order valence-corrected chi connectivity index (χ1v) is 11.3. The van der Waals surface area contributed by atoms with E-state index in [0.717, 1.165) is 9.13 Å². The second-order valence-electron chi connectivity index (χ2n) is 7.80. The van der Waals surface area contributed by atoms with Crippen molar-refractivity contribution in [1.29, 1.82) is 0 Å². The molecule has 0 spiro atoms. The standard InChI is InChI=1S/C25H22ClN5O6/c1-36-20-12-21(37-2)18(11-17(20)26)29-23(33)13-30-19-6-4-3-5-16(19)24(34)31(25(30)35)14-22(32)28-15-7-9-27-10-8-15/h3-12H,13-14H2,1-2H3,(H,29,33)(H,27,28,32). The molecule has 2 aromatic heterocycles. The van der Waals surface area contributed by atoms with Crippen LogP contribution in [0.15, 0.2) is 70.5 Å². The molecule has 37 heavy (non-hydrogen) atoms. The number of hydrogen-bond donors (Lipinski definition) is 2. The first-order valence-electron chi connectivity index (χ1n) is 11.0. The van der Waals surface area contributed by atoms with Crippen LogP contribution in [-0.4, -0.2) is 40.2 Å². The van der Waals surface area contributed by atoms with Crippen LogP contribution in [0.4, 0.5) is 11.4 Å². The number of ether oxygens (including phenoxy) is 2. The van der Waals surface area contributed by atoms with Gasteiger partial charge in [-0.15, -0.1) is 0 Å². The van der Waals surface area contributed by atoms with Crippen LogP contribution in [0, 0.1) is 0 Å². The van der Waals surface area contributed by atoms with Crippen LogP contribution in [-0.2, 0) is 22.7 Å². The van der Waals surface area contributed by atoms with Crippen molar-refractivity contribution in [3.8, 4) is 11.5 Å². The minimum absolute atomic E-state index is 0.177. The second-order valence-corrected chi connectivity index (χ2v) is 8.20. The van der Waals surface area contributed by atoms with Gasteiger partial charge in [0.25, 0.3) is 5.56 Å². The fourth-order valence-electron chi connectivity index (χ4n) is 3.73. The van der Waals surface area contributed by atoms with Crippen LogP contribution in [0.25, 0.3) is 10.9 Å². The molecule has 0 bridgehead atoms. The highest BCUT2D eigenvalue weighted by atomic mass is 35.5. The molecular formula is C25H22ClN5O6. The molecule has 0 aliphatic heterocycles. The Hall–Kier alpha value is -4.64. The summed E-state index contributed by atoms with van der Waals surface area (Å²) in [5.41, 5.74) is -0.492. The molecule has 0 aliphatic carbocycles. The van der Waals surface area contributed by atoms with Gasteiger partial charge in [-0.05, 0) is 30.3 Å². The summed E-state index contributed by atoms with van der Waals surface area (Å²) in [6.07, 6.45) is 2.99. The minimum atomic E-state index is -0.816.